The lowest BCUT2D eigenvalue weighted by molar-refractivity contribution is -0.142. The summed E-state index contributed by atoms with van der Waals surface area (Å²) in [6, 6.07) is 8.42. The lowest BCUT2D eigenvalue weighted by Gasteiger charge is -2.29. The molecule has 0 aromatic heterocycles. The second-order valence-electron chi connectivity index (χ2n) is 6.06. The van der Waals surface area contributed by atoms with Gasteiger partial charge in [-0.05, 0) is 47.4 Å². The van der Waals surface area contributed by atoms with Crippen molar-refractivity contribution in [3.05, 3.63) is 35.9 Å². The van der Waals surface area contributed by atoms with Crippen molar-refractivity contribution in [3.8, 4) is 0 Å². The number of carboxylic acids is 1. The van der Waals surface area contributed by atoms with Crippen molar-refractivity contribution in [2.45, 2.75) is 35.3 Å². The van der Waals surface area contributed by atoms with Crippen LogP contribution in [0.15, 0.2) is 30.3 Å². The molecule has 2 unspecified atom stereocenters. The highest BCUT2D eigenvalue weighted by molar-refractivity contribution is 14.1. The molecular formula is C17H22IN3O4. The molecule has 1 fully saturated rings. The molecule has 4 N–H and O–H groups in total. The minimum atomic E-state index is -1.21. The van der Waals surface area contributed by atoms with E-state index in [0.717, 1.165) is 5.56 Å². The number of alkyl halides is 1. The van der Waals surface area contributed by atoms with Crippen LogP contribution >= 0.6 is 22.6 Å². The van der Waals surface area contributed by atoms with Gasteiger partial charge in [0.1, 0.15) is 0 Å². The highest BCUT2D eigenvalue weighted by Crippen LogP contribution is 2.35. The number of nitrogens with zero attached hydrogens (tertiary/aromatic N) is 1. The van der Waals surface area contributed by atoms with Gasteiger partial charge in [0, 0.05) is 19.5 Å². The van der Waals surface area contributed by atoms with E-state index >= 15 is 0 Å². The average molecular weight is 459 g/mol. The first-order valence-electron chi connectivity index (χ1n) is 8.14. The Labute approximate surface area is 160 Å². The summed E-state index contributed by atoms with van der Waals surface area (Å²) in [6.45, 7) is 0.533. The van der Waals surface area contributed by atoms with Crippen LogP contribution in [0.25, 0.3) is 0 Å². The summed E-state index contributed by atoms with van der Waals surface area (Å²) in [5, 5.41) is 11.9. The fourth-order valence-corrected chi connectivity index (χ4v) is 3.67. The Kier molecular flexibility index (Phi) is 6.77. The van der Waals surface area contributed by atoms with Crippen molar-refractivity contribution >= 4 is 40.4 Å². The molecule has 0 aliphatic carbocycles. The number of aliphatic carboxylic acids is 1. The Bertz CT molecular complexity index is 640. The molecule has 0 saturated carbocycles. The maximum absolute atomic E-state index is 12.2. The topological polar surface area (TPSA) is 113 Å². The van der Waals surface area contributed by atoms with E-state index in [4.69, 9.17) is 5.73 Å². The second-order valence-corrected chi connectivity index (χ2v) is 7.85. The lowest BCUT2D eigenvalue weighted by atomic mass is 10.0. The van der Waals surface area contributed by atoms with E-state index < -0.39 is 21.6 Å². The normalized spacial score (nSPS) is 21.0. The molecule has 136 valence electrons. The molecule has 2 rings (SSSR count). The molecule has 25 heavy (non-hydrogen) atoms. The summed E-state index contributed by atoms with van der Waals surface area (Å²) in [5.41, 5.74) is 6.91. The van der Waals surface area contributed by atoms with Crippen LogP contribution in [0.5, 0.6) is 0 Å². The van der Waals surface area contributed by atoms with Gasteiger partial charge in [-0.25, -0.2) is 9.59 Å². The standard InChI is InChI=1S/C17H22IN3O4/c18-17(15(23)24)8-4-10-21(17)16(25)20-9-7-14(22)13(19)11-12-5-2-1-3-6-12/h1-3,5-6,13H,4,7-11,19H2,(H,20,25)(H,23,24). The number of halogens is 1. The first kappa shape index (κ1) is 19.6. The van der Waals surface area contributed by atoms with Crippen molar-refractivity contribution in [3.63, 3.8) is 0 Å². The van der Waals surface area contributed by atoms with Crippen LogP contribution in [0.1, 0.15) is 24.8 Å². The van der Waals surface area contributed by atoms with Crippen molar-refractivity contribution < 1.29 is 19.5 Å². The summed E-state index contributed by atoms with van der Waals surface area (Å²) in [5.74, 6) is -1.16. The third-order valence-electron chi connectivity index (χ3n) is 4.25. The van der Waals surface area contributed by atoms with Gasteiger partial charge in [0.25, 0.3) is 0 Å². The molecule has 0 bridgehead atoms. The number of carbonyl (C=O) groups is 3. The lowest BCUT2D eigenvalue weighted by Crippen LogP contribution is -2.52. The van der Waals surface area contributed by atoms with E-state index in [0.29, 0.717) is 25.8 Å². The van der Waals surface area contributed by atoms with Gasteiger partial charge in [-0.1, -0.05) is 30.3 Å². The van der Waals surface area contributed by atoms with Gasteiger partial charge in [-0.15, -0.1) is 0 Å². The Morgan fingerprint density at radius 2 is 2.00 bits per heavy atom. The number of carboxylic acid groups (broad SMARTS) is 1. The van der Waals surface area contributed by atoms with Gasteiger partial charge in [0.05, 0.1) is 6.04 Å². The number of Topliss-reactive ketones (excluding diaryl/α,β-unsaturated/α-hetero) is 1. The zero-order valence-electron chi connectivity index (χ0n) is 13.8. The molecule has 2 amide bonds. The molecule has 8 heteroatoms. The van der Waals surface area contributed by atoms with Crippen LogP contribution in [0.4, 0.5) is 4.79 Å². The van der Waals surface area contributed by atoms with Gasteiger partial charge >= 0.3 is 12.0 Å². The highest BCUT2D eigenvalue weighted by atomic mass is 127. The van der Waals surface area contributed by atoms with Crippen LogP contribution in [0, 0.1) is 0 Å². The van der Waals surface area contributed by atoms with Gasteiger partial charge in [0.15, 0.2) is 9.33 Å². The predicted molar refractivity (Wildman–Crippen MR) is 101 cm³/mol. The monoisotopic (exact) mass is 459 g/mol. The minimum absolute atomic E-state index is 0.120. The van der Waals surface area contributed by atoms with Crippen LogP contribution in [-0.4, -0.2) is 50.5 Å². The molecule has 1 saturated heterocycles. The summed E-state index contributed by atoms with van der Waals surface area (Å²) >= 11 is 1.80. The number of urea groups is 1. The maximum Gasteiger partial charge on any atom is 0.340 e. The second kappa shape index (κ2) is 8.61. The van der Waals surface area contributed by atoms with Gasteiger partial charge in [-0.3, -0.25) is 4.79 Å². The Balaban J connectivity index is 1.79. The van der Waals surface area contributed by atoms with E-state index in [9.17, 15) is 19.5 Å². The van der Waals surface area contributed by atoms with Crippen LogP contribution in [-0.2, 0) is 16.0 Å². The quantitative estimate of drug-likeness (QED) is 0.325. The molecular weight excluding hydrogens is 437 g/mol. The third-order valence-corrected chi connectivity index (χ3v) is 5.83. The van der Waals surface area contributed by atoms with Crippen LogP contribution < -0.4 is 11.1 Å². The predicted octanol–water partition coefficient (Wildman–Crippen LogP) is 1.54. The number of likely N-dealkylation sites (tertiary alicyclic amines) is 1. The van der Waals surface area contributed by atoms with E-state index in [1.807, 2.05) is 30.3 Å². The number of hydrogen-bond donors (Lipinski definition) is 3. The fraction of sp³-hybridized carbons (Fsp3) is 0.471. The fourth-order valence-electron chi connectivity index (χ4n) is 2.82. The maximum atomic E-state index is 12.2. The number of amides is 2. The number of benzene rings is 1. The Hall–Kier alpha value is -1.68. The molecule has 7 nitrogen and oxygen atoms in total. The number of ketones is 1. The van der Waals surface area contributed by atoms with Crippen molar-refractivity contribution in [2.75, 3.05) is 13.1 Å². The van der Waals surface area contributed by atoms with Gasteiger partial charge < -0.3 is 21.1 Å². The molecule has 1 aromatic rings. The minimum Gasteiger partial charge on any atom is -0.479 e. The van der Waals surface area contributed by atoms with Gasteiger partial charge in [-0.2, -0.15) is 0 Å². The van der Waals surface area contributed by atoms with E-state index in [1.165, 1.54) is 4.90 Å². The zero-order chi connectivity index (χ0) is 18.4. The highest BCUT2D eigenvalue weighted by Gasteiger charge is 2.47. The molecule has 1 aliphatic heterocycles. The number of hydrogen-bond acceptors (Lipinski definition) is 4. The van der Waals surface area contributed by atoms with Crippen molar-refractivity contribution in [1.29, 1.82) is 0 Å². The van der Waals surface area contributed by atoms with E-state index in [2.05, 4.69) is 5.32 Å². The molecule has 1 aromatic carbocycles. The first-order valence-corrected chi connectivity index (χ1v) is 9.22. The molecule has 1 heterocycles. The smallest absolute Gasteiger partial charge is 0.340 e. The molecule has 0 radical (unpaired) electrons. The van der Waals surface area contributed by atoms with E-state index in [-0.39, 0.29) is 18.7 Å². The van der Waals surface area contributed by atoms with Crippen LogP contribution in [0.2, 0.25) is 0 Å². The van der Waals surface area contributed by atoms with Crippen molar-refractivity contribution in [1.82, 2.24) is 10.2 Å². The Morgan fingerprint density at radius 1 is 1.32 bits per heavy atom. The number of carbonyl (C=O) groups excluding carboxylic acids is 2. The van der Waals surface area contributed by atoms with Crippen molar-refractivity contribution in [2.24, 2.45) is 5.73 Å². The summed E-state index contributed by atoms with van der Waals surface area (Å²) in [4.78, 5) is 37.0. The molecule has 2 atom stereocenters. The molecule has 0 spiro atoms. The van der Waals surface area contributed by atoms with E-state index in [1.54, 1.807) is 22.6 Å². The number of nitrogens with two attached hydrogens (primary N) is 1. The van der Waals surface area contributed by atoms with Gasteiger partial charge in [0.2, 0.25) is 0 Å². The summed E-state index contributed by atoms with van der Waals surface area (Å²) < 4.78 is -1.21. The Morgan fingerprint density at radius 3 is 2.64 bits per heavy atom. The first-order chi connectivity index (χ1) is 11.8. The number of rotatable bonds is 7. The average Bonchev–Trinajstić information content (AvgIpc) is 2.99. The SMILES string of the molecule is NC(Cc1ccccc1)C(=O)CCNC(=O)N1CCCC1(I)C(=O)O. The summed E-state index contributed by atoms with van der Waals surface area (Å²) in [7, 11) is 0. The number of nitrogens with one attached hydrogen (secondary N) is 1. The summed E-state index contributed by atoms with van der Waals surface area (Å²) in [6.07, 6.45) is 1.63. The third kappa shape index (κ3) is 4.91. The zero-order valence-corrected chi connectivity index (χ0v) is 15.9. The largest absolute Gasteiger partial charge is 0.479 e. The van der Waals surface area contributed by atoms with Crippen LogP contribution in [0.3, 0.4) is 0 Å². The molecule has 1 aliphatic rings.